The predicted octanol–water partition coefficient (Wildman–Crippen LogP) is 0.583. The lowest BCUT2D eigenvalue weighted by atomic mass is 10.1. The number of nitrogens with two attached hydrogens (primary N) is 1. The third-order valence-electron chi connectivity index (χ3n) is 3.66. The molecule has 0 aromatic carbocycles. The number of hydrogen-bond acceptors (Lipinski definition) is 5. The first-order valence-electron chi connectivity index (χ1n) is 5.90. The molecule has 2 bridgehead atoms. The summed E-state index contributed by atoms with van der Waals surface area (Å²) in [5, 5.41) is 1.27. The van der Waals surface area contributed by atoms with Crippen LogP contribution in [0.5, 0.6) is 0 Å². The van der Waals surface area contributed by atoms with Gasteiger partial charge in [0.25, 0.3) is 0 Å². The molecule has 1 unspecified atom stereocenters. The highest BCUT2D eigenvalue weighted by atomic mass is 32.1. The molecule has 1 aromatic heterocycles. The Kier molecular flexibility index (Phi) is 2.71. The molecular formula is C11H18N4S. The summed E-state index contributed by atoms with van der Waals surface area (Å²) >= 11 is 1.80. The lowest BCUT2D eigenvalue weighted by Crippen LogP contribution is -2.56. The van der Waals surface area contributed by atoms with Gasteiger partial charge in [-0.3, -0.25) is 9.80 Å². The van der Waals surface area contributed by atoms with Gasteiger partial charge in [0.2, 0.25) is 0 Å². The molecule has 88 valence electrons. The Morgan fingerprint density at radius 1 is 1.38 bits per heavy atom. The number of piperazine rings is 3. The Hall–Kier alpha value is -0.490. The fourth-order valence-corrected chi connectivity index (χ4v) is 3.71. The number of nitrogens with zero attached hydrogens (tertiary/aromatic N) is 3. The van der Waals surface area contributed by atoms with E-state index in [0.29, 0.717) is 12.6 Å². The monoisotopic (exact) mass is 238 g/mol. The number of rotatable bonds is 2. The van der Waals surface area contributed by atoms with Crippen LogP contribution in [0.2, 0.25) is 0 Å². The van der Waals surface area contributed by atoms with Crippen LogP contribution in [0.25, 0.3) is 0 Å². The highest BCUT2D eigenvalue weighted by Gasteiger charge is 2.34. The third kappa shape index (κ3) is 1.68. The second-order valence-corrected chi connectivity index (χ2v) is 5.73. The molecule has 0 aliphatic carbocycles. The van der Waals surface area contributed by atoms with Gasteiger partial charge in [-0.1, -0.05) is 0 Å². The van der Waals surface area contributed by atoms with Crippen LogP contribution in [0.15, 0.2) is 0 Å². The standard InChI is InChI=1S/C11H18N4S/c1-8-10(6-12)16-11(13-8)9-7-14-2-4-15(9)5-3-14/h9H,2-7,12H2,1H3. The molecule has 4 rings (SSSR count). The Morgan fingerprint density at radius 3 is 2.62 bits per heavy atom. The molecule has 5 heteroatoms. The zero-order valence-electron chi connectivity index (χ0n) is 9.65. The van der Waals surface area contributed by atoms with E-state index in [0.717, 1.165) is 12.2 Å². The molecule has 0 saturated carbocycles. The third-order valence-corrected chi connectivity index (χ3v) is 4.94. The van der Waals surface area contributed by atoms with Gasteiger partial charge in [0.1, 0.15) is 5.01 Å². The van der Waals surface area contributed by atoms with Crippen molar-refractivity contribution in [3.8, 4) is 0 Å². The van der Waals surface area contributed by atoms with E-state index in [1.54, 1.807) is 11.3 Å². The minimum absolute atomic E-state index is 0.520. The van der Waals surface area contributed by atoms with Crippen molar-refractivity contribution in [3.05, 3.63) is 15.6 Å². The maximum absolute atomic E-state index is 5.72. The van der Waals surface area contributed by atoms with E-state index in [2.05, 4.69) is 16.7 Å². The Balaban J connectivity index is 1.86. The molecule has 0 radical (unpaired) electrons. The average Bonchev–Trinajstić information content (AvgIpc) is 2.72. The van der Waals surface area contributed by atoms with E-state index in [9.17, 15) is 0 Å². The molecule has 16 heavy (non-hydrogen) atoms. The first kappa shape index (κ1) is 10.7. The normalized spacial score (nSPS) is 33.2. The van der Waals surface area contributed by atoms with Crippen LogP contribution in [0.4, 0.5) is 0 Å². The van der Waals surface area contributed by atoms with E-state index in [4.69, 9.17) is 10.7 Å². The number of thiazole rings is 1. The Morgan fingerprint density at radius 2 is 2.12 bits per heavy atom. The maximum Gasteiger partial charge on any atom is 0.112 e. The molecule has 3 fully saturated rings. The van der Waals surface area contributed by atoms with E-state index in [1.165, 1.54) is 36.1 Å². The lowest BCUT2D eigenvalue weighted by molar-refractivity contribution is 0.0122. The summed E-state index contributed by atoms with van der Waals surface area (Å²) in [7, 11) is 0. The number of fused-ring (bicyclic) bond motifs is 3. The summed E-state index contributed by atoms with van der Waals surface area (Å²) in [5.74, 6) is 0. The first-order chi connectivity index (χ1) is 7.78. The molecular weight excluding hydrogens is 220 g/mol. The number of aromatic nitrogens is 1. The van der Waals surface area contributed by atoms with Crippen molar-refractivity contribution in [2.24, 2.45) is 5.73 Å². The average molecular weight is 238 g/mol. The van der Waals surface area contributed by atoms with Gasteiger partial charge in [-0.2, -0.15) is 0 Å². The Bertz CT molecular complexity index is 381. The summed E-state index contributed by atoms with van der Waals surface area (Å²) in [6, 6.07) is 0.520. The van der Waals surface area contributed by atoms with E-state index in [-0.39, 0.29) is 0 Å². The van der Waals surface area contributed by atoms with Crippen LogP contribution in [-0.4, -0.2) is 47.5 Å². The van der Waals surface area contributed by atoms with E-state index in [1.807, 2.05) is 0 Å². The van der Waals surface area contributed by atoms with Crippen LogP contribution in [0.3, 0.4) is 0 Å². The van der Waals surface area contributed by atoms with Crippen LogP contribution >= 0.6 is 11.3 Å². The van der Waals surface area contributed by atoms with Crippen LogP contribution in [0.1, 0.15) is 21.6 Å². The van der Waals surface area contributed by atoms with Gasteiger partial charge in [0, 0.05) is 44.1 Å². The lowest BCUT2D eigenvalue weighted by Gasteiger charge is -2.46. The summed E-state index contributed by atoms with van der Waals surface area (Å²) in [4.78, 5) is 11.1. The zero-order valence-corrected chi connectivity index (χ0v) is 10.5. The number of hydrogen-bond donors (Lipinski definition) is 1. The predicted molar refractivity (Wildman–Crippen MR) is 65.5 cm³/mol. The van der Waals surface area contributed by atoms with Crippen molar-refractivity contribution in [1.82, 2.24) is 14.8 Å². The molecule has 4 heterocycles. The van der Waals surface area contributed by atoms with Gasteiger partial charge in [-0.05, 0) is 6.92 Å². The van der Waals surface area contributed by atoms with Crippen molar-refractivity contribution in [2.45, 2.75) is 19.5 Å². The van der Waals surface area contributed by atoms with Gasteiger partial charge in [0.15, 0.2) is 0 Å². The van der Waals surface area contributed by atoms with Gasteiger partial charge in [-0.25, -0.2) is 4.98 Å². The van der Waals surface area contributed by atoms with Gasteiger partial charge in [-0.15, -0.1) is 11.3 Å². The summed E-state index contributed by atoms with van der Waals surface area (Å²) in [5.41, 5.74) is 6.84. The smallest absolute Gasteiger partial charge is 0.112 e. The summed E-state index contributed by atoms with van der Waals surface area (Å²) in [6.45, 7) is 8.69. The van der Waals surface area contributed by atoms with Crippen molar-refractivity contribution >= 4 is 11.3 Å². The summed E-state index contributed by atoms with van der Waals surface area (Å²) < 4.78 is 0. The Labute approximate surface area is 100 Å². The van der Waals surface area contributed by atoms with Gasteiger partial charge in [0.05, 0.1) is 11.7 Å². The molecule has 2 N–H and O–H groups in total. The molecule has 3 saturated heterocycles. The highest BCUT2D eigenvalue weighted by molar-refractivity contribution is 7.11. The van der Waals surface area contributed by atoms with E-state index < -0.39 is 0 Å². The first-order valence-corrected chi connectivity index (χ1v) is 6.72. The molecule has 3 aliphatic rings. The second kappa shape index (κ2) is 4.07. The van der Waals surface area contributed by atoms with Gasteiger partial charge < -0.3 is 5.73 Å². The fraction of sp³-hybridized carbons (Fsp3) is 0.727. The molecule has 1 atom stereocenters. The quantitative estimate of drug-likeness (QED) is 0.819. The van der Waals surface area contributed by atoms with Crippen LogP contribution < -0.4 is 5.73 Å². The topological polar surface area (TPSA) is 45.4 Å². The number of aryl methyl sites for hydroxylation is 1. The molecule has 4 nitrogen and oxygen atoms in total. The van der Waals surface area contributed by atoms with Crippen molar-refractivity contribution in [3.63, 3.8) is 0 Å². The summed E-state index contributed by atoms with van der Waals surface area (Å²) in [6.07, 6.45) is 0. The largest absolute Gasteiger partial charge is 0.326 e. The van der Waals surface area contributed by atoms with Crippen molar-refractivity contribution < 1.29 is 0 Å². The fourth-order valence-electron chi connectivity index (χ4n) is 2.63. The molecule has 0 spiro atoms. The molecule has 0 amide bonds. The maximum atomic E-state index is 5.72. The second-order valence-electron chi connectivity index (χ2n) is 4.62. The van der Waals surface area contributed by atoms with Crippen molar-refractivity contribution in [2.75, 3.05) is 32.7 Å². The highest BCUT2D eigenvalue weighted by Crippen LogP contribution is 2.32. The zero-order chi connectivity index (χ0) is 11.1. The molecule has 3 aliphatic heterocycles. The minimum Gasteiger partial charge on any atom is -0.326 e. The minimum atomic E-state index is 0.520. The molecule has 1 aromatic rings. The van der Waals surface area contributed by atoms with E-state index >= 15 is 0 Å². The van der Waals surface area contributed by atoms with Crippen LogP contribution in [-0.2, 0) is 6.54 Å². The SMILES string of the molecule is Cc1nc(C2CN3CCN2CC3)sc1CN. The van der Waals surface area contributed by atoms with Crippen molar-refractivity contribution in [1.29, 1.82) is 0 Å². The van der Waals surface area contributed by atoms with Gasteiger partial charge >= 0.3 is 0 Å². The van der Waals surface area contributed by atoms with Crippen LogP contribution in [0, 0.1) is 6.92 Å².